The van der Waals surface area contributed by atoms with Crippen molar-refractivity contribution in [1.82, 2.24) is 0 Å². The maximum absolute atomic E-state index is 14.4. The van der Waals surface area contributed by atoms with Crippen LogP contribution >= 0.6 is 0 Å². The van der Waals surface area contributed by atoms with Crippen LogP contribution < -0.4 is 19.5 Å². The second-order valence-electron chi connectivity index (χ2n) is 15.0. The number of nitrogens with one attached hydrogen (secondary N) is 3. The van der Waals surface area contributed by atoms with Gasteiger partial charge in [0.05, 0.1) is 34.0 Å². The molecule has 0 aliphatic rings. The number of carbonyl (C=O) groups is 1. The molecule has 5 aromatic rings. The van der Waals surface area contributed by atoms with E-state index in [1.54, 1.807) is 48.5 Å². The molecular formula is C45H57N5O8S2. The van der Waals surface area contributed by atoms with Crippen LogP contribution in [0.4, 0.5) is 28.4 Å². The van der Waals surface area contributed by atoms with E-state index in [2.05, 4.69) is 38.8 Å². The fourth-order valence-electron chi connectivity index (χ4n) is 7.35. The number of methoxy groups -OCH3 is 1. The Bertz CT molecular complexity index is 2530. The number of phenols is 2. The molecule has 0 aromatic heterocycles. The van der Waals surface area contributed by atoms with E-state index < -0.39 is 42.7 Å². The van der Waals surface area contributed by atoms with Gasteiger partial charge in [-0.2, -0.15) is 0 Å². The number of anilines is 3. The zero-order valence-electron chi connectivity index (χ0n) is 34.8. The monoisotopic (exact) mass is 859 g/mol. The molecule has 5 N–H and O–H groups in total. The number of unbranched alkanes of at least 4 members (excludes halogenated alkanes) is 9. The quantitative estimate of drug-likeness (QED) is 0.0243. The van der Waals surface area contributed by atoms with Gasteiger partial charge in [-0.1, -0.05) is 127 Å². The van der Waals surface area contributed by atoms with Crippen LogP contribution in [0.25, 0.3) is 21.5 Å². The van der Waals surface area contributed by atoms with Crippen LogP contribution in [0.1, 0.15) is 104 Å². The Morgan fingerprint density at radius 2 is 1.30 bits per heavy atom. The molecule has 1 atom stereocenters. The highest BCUT2D eigenvalue weighted by molar-refractivity contribution is 7.93. The number of ether oxygens (including phenoxy) is 1. The molecule has 15 heteroatoms. The Hall–Kier alpha value is -5.41. The Kier molecular flexibility index (Phi) is 16.1. The Morgan fingerprint density at radius 3 is 1.97 bits per heavy atom. The Morgan fingerprint density at radius 1 is 0.683 bits per heavy atom. The topological polar surface area (TPSA) is 196 Å². The van der Waals surface area contributed by atoms with Crippen molar-refractivity contribution in [1.29, 1.82) is 0 Å². The number of hydrogen-bond acceptors (Lipinski definition) is 10. The molecule has 0 fully saturated rings. The van der Waals surface area contributed by atoms with Gasteiger partial charge in [0.15, 0.2) is 11.5 Å². The molecule has 13 nitrogen and oxygen atoms in total. The summed E-state index contributed by atoms with van der Waals surface area (Å²) in [5.41, 5.74) is 0.104. The zero-order chi connectivity index (χ0) is 43.3. The smallest absolute Gasteiger partial charge is 0.262 e. The third-order valence-corrected chi connectivity index (χ3v) is 13.8. The summed E-state index contributed by atoms with van der Waals surface area (Å²) < 4.78 is 67.7. The number of sulfonamides is 2. The highest BCUT2D eigenvalue weighted by Crippen LogP contribution is 2.45. The van der Waals surface area contributed by atoms with Crippen LogP contribution in [0.2, 0.25) is 0 Å². The lowest BCUT2D eigenvalue weighted by molar-refractivity contribution is -0.114. The molecule has 0 heterocycles. The number of nitrogens with zero attached hydrogens (tertiary/aromatic N) is 2. The lowest BCUT2D eigenvalue weighted by atomic mass is 10.0. The number of aromatic hydroxyl groups is 2. The van der Waals surface area contributed by atoms with Crippen molar-refractivity contribution in [2.24, 2.45) is 10.2 Å². The molecule has 1 unspecified atom stereocenters. The largest absolute Gasteiger partial charge is 0.505 e. The van der Waals surface area contributed by atoms with Crippen molar-refractivity contribution in [2.45, 2.75) is 114 Å². The average molecular weight is 860 g/mol. The summed E-state index contributed by atoms with van der Waals surface area (Å²) in [7, 11) is -7.13. The standard InChI is InChI=1S/C45H57N5O8S2/c1-5-7-9-11-13-15-22-33(21-14-12-10-8-6-2)59(54,55)49-39-30-32-20-16-17-23-34(32)43(45(39)53)50-60(56,57)41-29-28-37(46-31(3)51)42-35(41)26-27-38(44(42)52)48-47-36-24-18-19-25-40(36)58-4/h16-20,23-30,33,49-50,52-53H,5-15,21-22H2,1-4H3,(H,46,51). The van der Waals surface area contributed by atoms with Gasteiger partial charge in [-0.15, -0.1) is 10.2 Å². The van der Waals surface area contributed by atoms with E-state index in [-0.39, 0.29) is 38.4 Å². The Labute approximate surface area is 353 Å². The van der Waals surface area contributed by atoms with Crippen LogP contribution in [0.3, 0.4) is 0 Å². The normalized spacial score (nSPS) is 12.5. The first-order valence-corrected chi connectivity index (χ1v) is 23.7. The number of phenolic OH excluding ortho intramolecular Hbond substituents is 2. The van der Waals surface area contributed by atoms with Crippen molar-refractivity contribution < 1.29 is 36.6 Å². The predicted molar refractivity (Wildman–Crippen MR) is 241 cm³/mol. The molecule has 0 saturated heterocycles. The summed E-state index contributed by atoms with van der Waals surface area (Å²) in [5, 5.41) is 34.5. The van der Waals surface area contributed by atoms with Crippen molar-refractivity contribution in [3.8, 4) is 17.2 Å². The average Bonchev–Trinajstić information content (AvgIpc) is 3.22. The molecule has 5 aromatic carbocycles. The maximum atomic E-state index is 14.4. The van der Waals surface area contributed by atoms with Gasteiger partial charge in [0.1, 0.15) is 22.8 Å². The first-order chi connectivity index (χ1) is 28.8. The van der Waals surface area contributed by atoms with Gasteiger partial charge in [0, 0.05) is 17.7 Å². The van der Waals surface area contributed by atoms with Gasteiger partial charge < -0.3 is 20.3 Å². The number of azo groups is 1. The predicted octanol–water partition coefficient (Wildman–Crippen LogP) is 11.8. The fraction of sp³-hybridized carbons (Fsp3) is 0.400. The van der Waals surface area contributed by atoms with E-state index in [0.29, 0.717) is 35.1 Å². The van der Waals surface area contributed by atoms with Crippen molar-refractivity contribution in [2.75, 3.05) is 21.9 Å². The third-order valence-electron chi connectivity index (χ3n) is 10.5. The summed E-state index contributed by atoms with van der Waals surface area (Å²) >= 11 is 0. The summed E-state index contributed by atoms with van der Waals surface area (Å²) in [6.07, 6.45) is 11.9. The molecular weight excluding hydrogens is 803 g/mol. The first kappa shape index (κ1) is 45.7. The van der Waals surface area contributed by atoms with E-state index in [4.69, 9.17) is 4.74 Å². The second kappa shape index (κ2) is 21.2. The van der Waals surface area contributed by atoms with Crippen molar-refractivity contribution in [3.05, 3.63) is 78.9 Å². The van der Waals surface area contributed by atoms with E-state index in [0.717, 1.165) is 70.6 Å². The number of hydrogen-bond donors (Lipinski definition) is 5. The number of para-hydroxylation sites is 1. The second-order valence-corrected chi connectivity index (χ2v) is 18.6. The molecule has 60 heavy (non-hydrogen) atoms. The minimum Gasteiger partial charge on any atom is -0.505 e. The SMILES string of the molecule is CCCCCCCCC(CCCCCCC)S(=O)(=O)Nc1cc2ccccc2c(NS(=O)(=O)c2ccc(NC(C)=O)c3c(O)c(N=Nc4ccccc4OC)ccc23)c1O. The number of rotatable bonds is 23. The molecule has 0 bridgehead atoms. The molecule has 322 valence electrons. The maximum Gasteiger partial charge on any atom is 0.262 e. The number of fused-ring (bicyclic) bond motifs is 2. The molecule has 1 amide bonds. The lowest BCUT2D eigenvalue weighted by Crippen LogP contribution is -2.28. The molecule has 0 aliphatic heterocycles. The van der Waals surface area contributed by atoms with Gasteiger partial charge in [-0.3, -0.25) is 14.2 Å². The summed E-state index contributed by atoms with van der Waals surface area (Å²) in [6.45, 7) is 5.56. The van der Waals surface area contributed by atoms with Gasteiger partial charge >= 0.3 is 0 Å². The van der Waals surface area contributed by atoms with Crippen molar-refractivity contribution in [3.63, 3.8) is 0 Å². The molecule has 0 aliphatic carbocycles. The number of benzene rings is 5. The summed E-state index contributed by atoms with van der Waals surface area (Å²) in [5.74, 6) is -1.06. The van der Waals surface area contributed by atoms with E-state index in [9.17, 15) is 31.8 Å². The fourth-order valence-corrected chi connectivity index (χ4v) is 10.2. The number of carbonyl (C=O) groups excluding carboxylic acids is 1. The third kappa shape index (κ3) is 11.4. The first-order valence-electron chi connectivity index (χ1n) is 20.7. The Balaban J connectivity index is 1.52. The highest BCUT2D eigenvalue weighted by Gasteiger charge is 2.29. The minimum absolute atomic E-state index is 0.0121. The van der Waals surface area contributed by atoms with Gasteiger partial charge in [-0.25, -0.2) is 16.8 Å². The highest BCUT2D eigenvalue weighted by atomic mass is 32.2. The molecule has 0 saturated carbocycles. The lowest BCUT2D eigenvalue weighted by Gasteiger charge is -2.21. The molecule has 0 radical (unpaired) electrons. The summed E-state index contributed by atoms with van der Waals surface area (Å²) in [4.78, 5) is 11.9. The van der Waals surface area contributed by atoms with Crippen LogP contribution in [-0.2, 0) is 24.8 Å². The van der Waals surface area contributed by atoms with Crippen LogP contribution in [0.15, 0.2) is 94.0 Å². The molecule has 0 spiro atoms. The van der Waals surface area contributed by atoms with Crippen LogP contribution in [0.5, 0.6) is 17.2 Å². The minimum atomic E-state index is -4.59. The summed E-state index contributed by atoms with van der Waals surface area (Å²) in [6, 6.07) is 20.5. The van der Waals surface area contributed by atoms with Crippen LogP contribution in [-0.4, -0.2) is 45.3 Å². The van der Waals surface area contributed by atoms with E-state index in [1.165, 1.54) is 44.4 Å². The van der Waals surface area contributed by atoms with Gasteiger partial charge in [0.25, 0.3) is 10.0 Å². The van der Waals surface area contributed by atoms with E-state index in [1.807, 2.05) is 0 Å². The zero-order valence-corrected chi connectivity index (χ0v) is 36.5. The van der Waals surface area contributed by atoms with Crippen molar-refractivity contribution >= 4 is 75.9 Å². The molecule has 5 rings (SSSR count). The van der Waals surface area contributed by atoms with E-state index >= 15 is 0 Å². The van der Waals surface area contributed by atoms with Gasteiger partial charge in [-0.05, 0) is 54.6 Å². The van der Waals surface area contributed by atoms with Crippen LogP contribution in [0, 0.1) is 0 Å². The van der Waals surface area contributed by atoms with Gasteiger partial charge in [0.2, 0.25) is 15.9 Å². The number of amides is 1.